The molecule has 2 nitrogen and oxygen atoms in total. The molecule has 0 amide bonds. The molecule has 1 aromatic rings. The Balaban J connectivity index is 2.17. The van der Waals surface area contributed by atoms with Gasteiger partial charge in [0.05, 0.1) is 0 Å². The van der Waals surface area contributed by atoms with Crippen LogP contribution in [0.15, 0.2) is 35.9 Å². The third-order valence-electron chi connectivity index (χ3n) is 2.46. The van der Waals surface area contributed by atoms with Crippen LogP contribution in [0.2, 0.25) is 0 Å². The summed E-state index contributed by atoms with van der Waals surface area (Å²) < 4.78 is 5.28. The Labute approximate surface area is 105 Å². The van der Waals surface area contributed by atoms with Crippen LogP contribution in [0.25, 0.3) is 6.08 Å². The lowest BCUT2D eigenvalue weighted by Gasteiger charge is -2.05. The molecule has 1 rings (SSSR count). The van der Waals surface area contributed by atoms with E-state index >= 15 is 0 Å². The first-order chi connectivity index (χ1) is 8.33. The Morgan fingerprint density at radius 1 is 1.29 bits per heavy atom. The Bertz CT molecular complexity index is 319. The van der Waals surface area contributed by atoms with Crippen molar-refractivity contribution in [2.45, 2.75) is 20.3 Å². The van der Waals surface area contributed by atoms with Gasteiger partial charge in [-0.05, 0) is 32.4 Å². The Kier molecular flexibility index (Phi) is 7.35. The van der Waals surface area contributed by atoms with E-state index in [9.17, 15) is 0 Å². The molecule has 94 valence electrons. The van der Waals surface area contributed by atoms with Gasteiger partial charge in [0.2, 0.25) is 0 Å². The number of ether oxygens (including phenoxy) is 1. The van der Waals surface area contributed by atoms with E-state index in [1.807, 2.05) is 13.0 Å². The first kappa shape index (κ1) is 13.9. The number of hydrogen-bond acceptors (Lipinski definition) is 2. The van der Waals surface area contributed by atoms with E-state index in [0.717, 1.165) is 32.7 Å². The van der Waals surface area contributed by atoms with Gasteiger partial charge in [-0.15, -0.1) is 0 Å². The highest BCUT2D eigenvalue weighted by Crippen LogP contribution is 2.04. The highest BCUT2D eigenvalue weighted by Gasteiger charge is 1.92. The third kappa shape index (κ3) is 6.93. The summed E-state index contributed by atoms with van der Waals surface area (Å²) in [7, 11) is 0. The summed E-state index contributed by atoms with van der Waals surface area (Å²) >= 11 is 0. The first-order valence-corrected chi connectivity index (χ1v) is 6.33. The molecule has 17 heavy (non-hydrogen) atoms. The van der Waals surface area contributed by atoms with Crippen molar-refractivity contribution < 1.29 is 4.74 Å². The van der Waals surface area contributed by atoms with Crippen LogP contribution in [0.4, 0.5) is 0 Å². The van der Waals surface area contributed by atoms with E-state index in [-0.39, 0.29) is 0 Å². The second kappa shape index (κ2) is 8.97. The van der Waals surface area contributed by atoms with Gasteiger partial charge in [0.25, 0.3) is 0 Å². The van der Waals surface area contributed by atoms with Crippen LogP contribution in [0, 0.1) is 0 Å². The van der Waals surface area contributed by atoms with Crippen molar-refractivity contribution >= 4 is 6.08 Å². The predicted molar refractivity (Wildman–Crippen MR) is 74.1 cm³/mol. The van der Waals surface area contributed by atoms with E-state index < -0.39 is 0 Å². The van der Waals surface area contributed by atoms with Crippen LogP contribution in [0.5, 0.6) is 0 Å². The molecule has 0 unspecified atom stereocenters. The minimum absolute atomic E-state index is 0.812. The largest absolute Gasteiger partial charge is 0.382 e. The molecule has 0 aliphatic rings. The lowest BCUT2D eigenvalue weighted by molar-refractivity contribution is 0.145. The maximum atomic E-state index is 5.28. The highest BCUT2D eigenvalue weighted by molar-refractivity contribution is 5.52. The minimum atomic E-state index is 0.812. The summed E-state index contributed by atoms with van der Waals surface area (Å²) in [6.07, 6.45) is 3.29. The van der Waals surface area contributed by atoms with Crippen molar-refractivity contribution in [3.05, 3.63) is 41.5 Å². The van der Waals surface area contributed by atoms with Gasteiger partial charge in [0.1, 0.15) is 0 Å². The molecular weight excluding hydrogens is 210 g/mol. The van der Waals surface area contributed by atoms with Crippen molar-refractivity contribution in [2.75, 3.05) is 26.3 Å². The molecule has 0 aliphatic carbocycles. The fourth-order valence-electron chi connectivity index (χ4n) is 1.61. The van der Waals surface area contributed by atoms with E-state index in [1.165, 1.54) is 11.1 Å². The standard InChI is InChI=1S/C15H23NO/c1-3-17-11-7-10-16-13-14(2)12-15-8-5-4-6-9-15/h4-6,8-9,12,16H,3,7,10-11,13H2,1-2H3/b14-12+. The monoisotopic (exact) mass is 233 g/mol. The van der Waals surface area contributed by atoms with Gasteiger partial charge >= 0.3 is 0 Å². The Hall–Kier alpha value is -1.12. The van der Waals surface area contributed by atoms with Crippen LogP contribution >= 0.6 is 0 Å². The Morgan fingerprint density at radius 3 is 2.76 bits per heavy atom. The van der Waals surface area contributed by atoms with Crippen molar-refractivity contribution in [1.29, 1.82) is 0 Å². The van der Waals surface area contributed by atoms with Gasteiger partial charge in [0.15, 0.2) is 0 Å². The maximum absolute atomic E-state index is 5.28. The maximum Gasteiger partial charge on any atom is 0.0477 e. The minimum Gasteiger partial charge on any atom is -0.382 e. The number of rotatable bonds is 8. The molecule has 0 saturated carbocycles. The van der Waals surface area contributed by atoms with Gasteiger partial charge in [-0.2, -0.15) is 0 Å². The van der Waals surface area contributed by atoms with E-state index in [2.05, 4.69) is 42.6 Å². The summed E-state index contributed by atoms with van der Waals surface area (Å²) in [4.78, 5) is 0. The zero-order chi connectivity index (χ0) is 12.3. The van der Waals surface area contributed by atoms with Crippen LogP contribution in [0.3, 0.4) is 0 Å². The number of benzene rings is 1. The summed E-state index contributed by atoms with van der Waals surface area (Å²) in [5.74, 6) is 0. The van der Waals surface area contributed by atoms with E-state index in [1.54, 1.807) is 0 Å². The average Bonchev–Trinajstić information content (AvgIpc) is 2.35. The van der Waals surface area contributed by atoms with Crippen molar-refractivity contribution in [1.82, 2.24) is 5.32 Å². The van der Waals surface area contributed by atoms with Crippen LogP contribution in [-0.2, 0) is 4.74 Å². The molecule has 1 N–H and O–H groups in total. The topological polar surface area (TPSA) is 21.3 Å². The zero-order valence-corrected chi connectivity index (χ0v) is 10.9. The summed E-state index contributed by atoms with van der Waals surface area (Å²) in [6.45, 7) is 7.81. The lowest BCUT2D eigenvalue weighted by Crippen LogP contribution is -2.18. The fraction of sp³-hybridized carbons (Fsp3) is 0.467. The molecule has 0 radical (unpaired) electrons. The SMILES string of the molecule is CCOCCCNC/C(C)=C/c1ccccc1. The second-order valence-electron chi connectivity index (χ2n) is 4.13. The number of hydrogen-bond donors (Lipinski definition) is 1. The summed E-state index contributed by atoms with van der Waals surface area (Å²) in [5.41, 5.74) is 2.62. The quantitative estimate of drug-likeness (QED) is 0.697. The van der Waals surface area contributed by atoms with Gasteiger partial charge < -0.3 is 10.1 Å². The molecular formula is C15H23NO. The van der Waals surface area contributed by atoms with Gasteiger partial charge in [-0.3, -0.25) is 0 Å². The van der Waals surface area contributed by atoms with Crippen LogP contribution in [-0.4, -0.2) is 26.3 Å². The molecule has 0 atom stereocenters. The molecule has 0 spiro atoms. The van der Waals surface area contributed by atoms with Crippen molar-refractivity contribution in [3.8, 4) is 0 Å². The van der Waals surface area contributed by atoms with Gasteiger partial charge in [0, 0.05) is 19.8 Å². The van der Waals surface area contributed by atoms with Crippen molar-refractivity contribution in [2.24, 2.45) is 0 Å². The average molecular weight is 233 g/mol. The lowest BCUT2D eigenvalue weighted by atomic mass is 10.1. The molecule has 2 heteroatoms. The van der Waals surface area contributed by atoms with Crippen LogP contribution < -0.4 is 5.32 Å². The fourth-order valence-corrected chi connectivity index (χ4v) is 1.61. The summed E-state index contributed by atoms with van der Waals surface area (Å²) in [5, 5.41) is 3.42. The van der Waals surface area contributed by atoms with Gasteiger partial charge in [-0.25, -0.2) is 0 Å². The third-order valence-corrected chi connectivity index (χ3v) is 2.46. The van der Waals surface area contributed by atoms with Crippen molar-refractivity contribution in [3.63, 3.8) is 0 Å². The molecule has 0 fully saturated rings. The smallest absolute Gasteiger partial charge is 0.0477 e. The first-order valence-electron chi connectivity index (χ1n) is 6.33. The summed E-state index contributed by atoms with van der Waals surface area (Å²) in [6, 6.07) is 10.4. The second-order valence-corrected chi connectivity index (χ2v) is 4.13. The van der Waals surface area contributed by atoms with E-state index in [4.69, 9.17) is 4.74 Å². The number of nitrogens with one attached hydrogen (secondary N) is 1. The van der Waals surface area contributed by atoms with Crippen LogP contribution in [0.1, 0.15) is 25.8 Å². The molecule has 0 heterocycles. The molecule has 0 saturated heterocycles. The molecule has 0 aromatic heterocycles. The zero-order valence-electron chi connectivity index (χ0n) is 10.9. The normalized spacial score (nSPS) is 11.8. The highest BCUT2D eigenvalue weighted by atomic mass is 16.5. The predicted octanol–water partition coefficient (Wildman–Crippen LogP) is 3.11. The Morgan fingerprint density at radius 2 is 2.06 bits per heavy atom. The molecule has 1 aromatic carbocycles. The van der Waals surface area contributed by atoms with E-state index in [0.29, 0.717) is 0 Å². The molecule has 0 bridgehead atoms. The van der Waals surface area contributed by atoms with Gasteiger partial charge in [-0.1, -0.05) is 42.0 Å². The molecule has 0 aliphatic heterocycles.